The molecular formula is C14H15Cl2N5O. The van der Waals surface area contributed by atoms with E-state index >= 15 is 0 Å². The van der Waals surface area contributed by atoms with Gasteiger partial charge in [0.25, 0.3) is 0 Å². The van der Waals surface area contributed by atoms with Crippen LogP contribution in [-0.4, -0.2) is 27.8 Å². The van der Waals surface area contributed by atoms with E-state index in [1.807, 2.05) is 0 Å². The molecule has 0 unspecified atom stereocenters. The number of aromatic nitrogens is 2. The van der Waals surface area contributed by atoms with Crippen LogP contribution in [0.4, 0.5) is 5.69 Å². The molecule has 0 aliphatic rings. The zero-order chi connectivity index (χ0) is 16.1. The van der Waals surface area contributed by atoms with E-state index < -0.39 is 5.91 Å². The maximum atomic E-state index is 11.8. The van der Waals surface area contributed by atoms with E-state index in [0.29, 0.717) is 23.0 Å². The Balaban J connectivity index is 1.88. The van der Waals surface area contributed by atoms with Crippen LogP contribution >= 0.6 is 23.2 Å². The average molecular weight is 340 g/mol. The number of anilines is 1. The molecule has 0 saturated carbocycles. The molecule has 0 aliphatic carbocycles. The number of nitrogens with zero attached hydrogens (tertiary/aromatic N) is 3. The predicted molar refractivity (Wildman–Crippen MR) is 88.7 cm³/mol. The van der Waals surface area contributed by atoms with Crippen molar-refractivity contribution in [2.45, 2.75) is 6.42 Å². The number of nitrogens with two attached hydrogens (primary N) is 1. The van der Waals surface area contributed by atoms with Crippen LogP contribution < -0.4 is 11.1 Å². The minimum absolute atomic E-state index is 0.237. The summed E-state index contributed by atoms with van der Waals surface area (Å²) in [6.45, 7) is 0.515. The van der Waals surface area contributed by atoms with Gasteiger partial charge in [-0.15, -0.1) is 0 Å². The largest absolute Gasteiger partial charge is 0.387 e. The normalized spacial score (nSPS) is 11.5. The van der Waals surface area contributed by atoms with Crippen LogP contribution in [-0.2, 0) is 7.05 Å². The summed E-state index contributed by atoms with van der Waals surface area (Å²) in [7, 11) is 1.72. The molecule has 2 rings (SSSR count). The van der Waals surface area contributed by atoms with Crippen molar-refractivity contribution in [1.29, 1.82) is 0 Å². The fourth-order valence-electron chi connectivity index (χ4n) is 1.75. The van der Waals surface area contributed by atoms with Crippen LogP contribution in [0.25, 0.3) is 0 Å². The standard InChI is InChI=1S/C14H15Cl2N5O/c1-21-7-6-19-13(21)14(22)20-12(17)4-5-18-9-2-3-10(15)11(16)8-9/h2-3,6-8,18H,4-5H2,1H3,(H2,17,20,22). The van der Waals surface area contributed by atoms with E-state index in [0.717, 1.165) is 5.69 Å². The van der Waals surface area contributed by atoms with Crippen molar-refractivity contribution in [1.82, 2.24) is 9.55 Å². The predicted octanol–water partition coefficient (Wildman–Crippen LogP) is 2.73. The summed E-state index contributed by atoms with van der Waals surface area (Å²) < 4.78 is 1.59. The fraction of sp³-hybridized carbons (Fsp3) is 0.214. The van der Waals surface area contributed by atoms with Gasteiger partial charge in [-0.1, -0.05) is 23.2 Å². The molecule has 2 aromatic rings. The van der Waals surface area contributed by atoms with E-state index in [9.17, 15) is 4.79 Å². The summed E-state index contributed by atoms with van der Waals surface area (Å²) in [5.74, 6) is 0.0282. The minimum Gasteiger partial charge on any atom is -0.387 e. The molecule has 1 aromatic carbocycles. The number of carbonyl (C=O) groups excluding carboxylic acids is 1. The third kappa shape index (κ3) is 4.22. The maximum absolute atomic E-state index is 11.8. The highest BCUT2D eigenvalue weighted by Crippen LogP contribution is 2.24. The van der Waals surface area contributed by atoms with E-state index in [1.54, 1.807) is 36.0 Å². The molecule has 1 aromatic heterocycles. The zero-order valence-electron chi connectivity index (χ0n) is 11.9. The number of carbonyl (C=O) groups is 1. The molecule has 0 aliphatic heterocycles. The van der Waals surface area contributed by atoms with E-state index in [1.165, 1.54) is 6.20 Å². The highest BCUT2D eigenvalue weighted by Gasteiger charge is 2.10. The van der Waals surface area contributed by atoms with Gasteiger partial charge in [-0.05, 0) is 18.2 Å². The average Bonchev–Trinajstić information content (AvgIpc) is 2.89. The van der Waals surface area contributed by atoms with Gasteiger partial charge in [-0.3, -0.25) is 4.79 Å². The van der Waals surface area contributed by atoms with Crippen molar-refractivity contribution in [3.05, 3.63) is 46.5 Å². The first-order valence-corrected chi connectivity index (χ1v) is 7.26. The number of halogens is 2. The molecule has 0 spiro atoms. The Morgan fingerprint density at radius 1 is 1.41 bits per heavy atom. The maximum Gasteiger partial charge on any atom is 0.314 e. The SMILES string of the molecule is Cn1ccnc1C(=O)N=C(N)CCNc1ccc(Cl)c(Cl)c1. The number of rotatable bonds is 5. The molecule has 3 N–H and O–H groups in total. The summed E-state index contributed by atoms with van der Waals surface area (Å²) in [4.78, 5) is 19.6. The van der Waals surface area contributed by atoms with Crippen LogP contribution in [0.1, 0.15) is 17.0 Å². The number of aryl methyl sites for hydroxylation is 1. The van der Waals surface area contributed by atoms with E-state index in [-0.39, 0.29) is 11.7 Å². The van der Waals surface area contributed by atoms with Gasteiger partial charge in [-0.25, -0.2) is 4.98 Å². The van der Waals surface area contributed by atoms with Crippen LogP contribution in [0.15, 0.2) is 35.6 Å². The molecular weight excluding hydrogens is 325 g/mol. The lowest BCUT2D eigenvalue weighted by Crippen LogP contribution is -2.19. The second-order valence-electron chi connectivity index (χ2n) is 4.58. The number of amides is 1. The first-order chi connectivity index (χ1) is 10.5. The molecule has 1 heterocycles. The smallest absolute Gasteiger partial charge is 0.314 e. The van der Waals surface area contributed by atoms with Gasteiger partial charge >= 0.3 is 5.91 Å². The Bertz CT molecular complexity index is 711. The first-order valence-electron chi connectivity index (χ1n) is 6.51. The molecule has 1 amide bonds. The lowest BCUT2D eigenvalue weighted by atomic mass is 10.3. The van der Waals surface area contributed by atoms with E-state index in [4.69, 9.17) is 28.9 Å². The van der Waals surface area contributed by atoms with Gasteiger partial charge in [0.1, 0.15) is 5.84 Å². The Labute approximate surface area is 138 Å². The van der Waals surface area contributed by atoms with E-state index in [2.05, 4.69) is 15.3 Å². The molecule has 0 radical (unpaired) electrons. The summed E-state index contributed by atoms with van der Waals surface area (Å²) in [5.41, 5.74) is 6.57. The van der Waals surface area contributed by atoms with Crippen LogP contribution in [0.2, 0.25) is 10.0 Å². The number of benzene rings is 1. The van der Waals surface area contributed by atoms with Gasteiger partial charge in [0.05, 0.1) is 10.0 Å². The van der Waals surface area contributed by atoms with Crippen LogP contribution in [0.3, 0.4) is 0 Å². The summed E-state index contributed by atoms with van der Waals surface area (Å²) in [6.07, 6.45) is 3.62. The molecule has 0 bridgehead atoms. The Kier molecular flexibility index (Phi) is 5.41. The second kappa shape index (κ2) is 7.29. The van der Waals surface area contributed by atoms with Crippen molar-refractivity contribution in [2.75, 3.05) is 11.9 Å². The Morgan fingerprint density at radius 2 is 2.18 bits per heavy atom. The Hall–Kier alpha value is -2.05. The lowest BCUT2D eigenvalue weighted by molar-refractivity contribution is 0.0990. The van der Waals surface area contributed by atoms with Crippen molar-refractivity contribution < 1.29 is 4.79 Å². The van der Waals surface area contributed by atoms with Crippen LogP contribution in [0, 0.1) is 0 Å². The Morgan fingerprint density at radius 3 is 2.82 bits per heavy atom. The number of aliphatic imine (C=N–C) groups is 1. The number of amidine groups is 1. The third-order valence-corrected chi connectivity index (χ3v) is 3.63. The van der Waals surface area contributed by atoms with Gasteiger partial charge in [0.15, 0.2) is 0 Å². The first kappa shape index (κ1) is 16.3. The molecule has 8 heteroatoms. The summed E-state index contributed by atoms with van der Waals surface area (Å²) >= 11 is 11.8. The lowest BCUT2D eigenvalue weighted by Gasteiger charge is -2.07. The second-order valence-corrected chi connectivity index (χ2v) is 5.39. The minimum atomic E-state index is -0.459. The number of imidazole rings is 1. The number of hydrogen-bond acceptors (Lipinski definition) is 3. The van der Waals surface area contributed by atoms with Gasteiger partial charge < -0.3 is 15.6 Å². The molecule has 116 valence electrons. The quantitative estimate of drug-likeness (QED) is 0.647. The fourth-order valence-corrected chi connectivity index (χ4v) is 2.05. The van der Waals surface area contributed by atoms with Crippen molar-refractivity contribution in [2.24, 2.45) is 17.8 Å². The van der Waals surface area contributed by atoms with Crippen LogP contribution in [0.5, 0.6) is 0 Å². The number of nitrogens with one attached hydrogen (secondary N) is 1. The van der Waals surface area contributed by atoms with Gasteiger partial charge in [0, 0.05) is 38.1 Å². The topological polar surface area (TPSA) is 85.3 Å². The molecule has 22 heavy (non-hydrogen) atoms. The summed E-state index contributed by atoms with van der Waals surface area (Å²) in [6, 6.07) is 5.23. The highest BCUT2D eigenvalue weighted by atomic mass is 35.5. The molecule has 0 atom stereocenters. The monoisotopic (exact) mass is 339 g/mol. The molecule has 0 fully saturated rings. The van der Waals surface area contributed by atoms with Gasteiger partial charge in [-0.2, -0.15) is 4.99 Å². The third-order valence-electron chi connectivity index (χ3n) is 2.89. The molecule has 0 saturated heterocycles. The molecule has 6 nitrogen and oxygen atoms in total. The van der Waals surface area contributed by atoms with Crippen molar-refractivity contribution in [3.63, 3.8) is 0 Å². The highest BCUT2D eigenvalue weighted by molar-refractivity contribution is 6.42. The van der Waals surface area contributed by atoms with Gasteiger partial charge in [0.2, 0.25) is 5.82 Å². The number of hydrogen-bond donors (Lipinski definition) is 2. The van der Waals surface area contributed by atoms with Crippen molar-refractivity contribution in [3.8, 4) is 0 Å². The summed E-state index contributed by atoms with van der Waals surface area (Å²) in [5, 5.41) is 4.09. The van der Waals surface area contributed by atoms with Crippen molar-refractivity contribution >= 4 is 40.6 Å². The zero-order valence-corrected chi connectivity index (χ0v) is 13.4.